The lowest BCUT2D eigenvalue weighted by Crippen LogP contribution is -2.27. The van der Waals surface area contributed by atoms with Crippen molar-refractivity contribution in [2.24, 2.45) is 0 Å². The van der Waals surface area contributed by atoms with Gasteiger partial charge >= 0.3 is 6.09 Å². The van der Waals surface area contributed by atoms with E-state index < -0.39 is 6.09 Å². The van der Waals surface area contributed by atoms with Crippen molar-refractivity contribution >= 4 is 22.0 Å². The lowest BCUT2D eigenvalue weighted by molar-refractivity contribution is 0.0437. The summed E-state index contributed by atoms with van der Waals surface area (Å²) in [6, 6.07) is 3.69. The Balaban J connectivity index is 1.68. The quantitative estimate of drug-likeness (QED) is 0.866. The molecular weight excluding hydrogens is 300 g/mol. The first-order valence-electron chi connectivity index (χ1n) is 5.87. The van der Waals surface area contributed by atoms with Crippen molar-refractivity contribution in [3.63, 3.8) is 0 Å². The third kappa shape index (κ3) is 4.27. The molecule has 5 nitrogen and oxygen atoms in total. The van der Waals surface area contributed by atoms with Gasteiger partial charge in [-0.1, -0.05) is 0 Å². The number of ether oxygens (including phenoxy) is 2. The van der Waals surface area contributed by atoms with Gasteiger partial charge in [-0.3, -0.25) is 0 Å². The number of pyridine rings is 1. The fraction of sp³-hybridized carbons (Fsp3) is 0.500. The van der Waals surface area contributed by atoms with Crippen molar-refractivity contribution in [3.05, 3.63) is 28.5 Å². The van der Waals surface area contributed by atoms with E-state index in [0.717, 1.165) is 29.6 Å². The summed E-state index contributed by atoms with van der Waals surface area (Å²) >= 11 is 3.27. The van der Waals surface area contributed by atoms with E-state index in [4.69, 9.17) is 9.47 Å². The Hall–Kier alpha value is -1.14. The van der Waals surface area contributed by atoms with Crippen molar-refractivity contribution < 1.29 is 14.3 Å². The van der Waals surface area contributed by atoms with Crippen molar-refractivity contribution in [3.8, 4) is 0 Å². The molecule has 18 heavy (non-hydrogen) atoms. The fourth-order valence-electron chi connectivity index (χ4n) is 1.72. The Morgan fingerprint density at radius 1 is 1.67 bits per heavy atom. The molecule has 1 saturated heterocycles. The molecule has 98 valence electrons. The van der Waals surface area contributed by atoms with Gasteiger partial charge in [0, 0.05) is 19.3 Å². The number of nitrogens with one attached hydrogen (secondary N) is 1. The van der Waals surface area contributed by atoms with Gasteiger partial charge in [-0.05, 0) is 46.5 Å². The maximum atomic E-state index is 11.4. The van der Waals surface area contributed by atoms with Crippen LogP contribution in [0.3, 0.4) is 0 Å². The molecule has 0 bridgehead atoms. The Labute approximate surface area is 114 Å². The summed E-state index contributed by atoms with van der Waals surface area (Å²) in [4.78, 5) is 15.5. The number of halogens is 1. The number of aromatic nitrogens is 1. The molecule has 0 saturated carbocycles. The summed E-state index contributed by atoms with van der Waals surface area (Å²) in [6.07, 6.45) is 3.33. The minimum atomic E-state index is -0.418. The fourth-order valence-corrected chi connectivity index (χ4v) is 2.13. The Bertz CT molecular complexity index is 408. The zero-order valence-corrected chi connectivity index (χ0v) is 11.5. The van der Waals surface area contributed by atoms with Crippen molar-refractivity contribution in [2.45, 2.75) is 25.5 Å². The monoisotopic (exact) mass is 314 g/mol. The van der Waals surface area contributed by atoms with Gasteiger partial charge in [0.1, 0.15) is 11.2 Å². The molecule has 1 aliphatic rings. The van der Waals surface area contributed by atoms with Gasteiger partial charge in [0.15, 0.2) is 0 Å². The highest BCUT2D eigenvalue weighted by atomic mass is 79.9. The third-order valence-corrected chi connectivity index (χ3v) is 3.09. The smallest absolute Gasteiger partial charge is 0.407 e. The molecule has 0 aromatic carbocycles. The van der Waals surface area contributed by atoms with Crippen LogP contribution in [0.4, 0.5) is 4.79 Å². The number of rotatable bonds is 4. The number of carbonyl (C=O) groups is 1. The predicted molar refractivity (Wildman–Crippen MR) is 69.1 cm³/mol. The Morgan fingerprint density at radius 3 is 3.28 bits per heavy atom. The highest BCUT2D eigenvalue weighted by Gasteiger charge is 2.17. The van der Waals surface area contributed by atoms with Gasteiger partial charge in [-0.15, -0.1) is 0 Å². The summed E-state index contributed by atoms with van der Waals surface area (Å²) in [5.41, 5.74) is 0.964. The SMILES string of the molecule is O=C(NCc1ccnc(Br)c1)OCC1CCCO1. The first-order valence-corrected chi connectivity index (χ1v) is 6.66. The molecule has 1 aromatic heterocycles. The van der Waals surface area contributed by atoms with Gasteiger partial charge < -0.3 is 14.8 Å². The lowest BCUT2D eigenvalue weighted by Gasteiger charge is -2.11. The lowest BCUT2D eigenvalue weighted by atomic mass is 10.2. The van der Waals surface area contributed by atoms with Crippen LogP contribution in [0.2, 0.25) is 0 Å². The third-order valence-electron chi connectivity index (χ3n) is 2.65. The predicted octanol–water partition coefficient (Wildman–Crippen LogP) is 2.25. The maximum absolute atomic E-state index is 11.4. The van der Waals surface area contributed by atoms with Gasteiger partial charge in [0.2, 0.25) is 0 Å². The summed E-state index contributed by atoms with van der Waals surface area (Å²) in [6.45, 7) is 1.51. The zero-order valence-electron chi connectivity index (χ0n) is 9.89. The number of hydrogen-bond acceptors (Lipinski definition) is 4. The largest absolute Gasteiger partial charge is 0.447 e. The first-order chi connectivity index (χ1) is 8.74. The highest BCUT2D eigenvalue weighted by molar-refractivity contribution is 9.10. The Kier molecular flexibility index (Phi) is 4.95. The van der Waals surface area contributed by atoms with Crippen LogP contribution in [0.25, 0.3) is 0 Å². The van der Waals surface area contributed by atoms with Crippen LogP contribution in [-0.2, 0) is 16.0 Å². The van der Waals surface area contributed by atoms with Gasteiger partial charge in [-0.2, -0.15) is 0 Å². The average Bonchev–Trinajstić information content (AvgIpc) is 2.87. The molecule has 1 fully saturated rings. The highest BCUT2D eigenvalue weighted by Crippen LogP contribution is 2.12. The van der Waals surface area contributed by atoms with Crippen molar-refractivity contribution in [1.29, 1.82) is 0 Å². The van der Waals surface area contributed by atoms with Gasteiger partial charge in [-0.25, -0.2) is 9.78 Å². The second kappa shape index (κ2) is 6.70. The molecule has 1 unspecified atom stereocenters. The molecule has 2 heterocycles. The number of amides is 1. The molecular formula is C12H15BrN2O3. The summed E-state index contributed by atoms with van der Waals surface area (Å²) < 4.78 is 11.2. The molecule has 1 aliphatic heterocycles. The van der Waals surface area contributed by atoms with E-state index in [1.165, 1.54) is 0 Å². The maximum Gasteiger partial charge on any atom is 0.407 e. The first kappa shape index (κ1) is 13.3. The molecule has 1 atom stereocenters. The molecule has 0 aliphatic carbocycles. The Morgan fingerprint density at radius 2 is 2.56 bits per heavy atom. The van der Waals surface area contributed by atoms with Crippen molar-refractivity contribution in [2.75, 3.05) is 13.2 Å². The number of alkyl carbamates (subject to hydrolysis) is 1. The topological polar surface area (TPSA) is 60.5 Å². The second-order valence-corrected chi connectivity index (χ2v) is 4.89. The molecule has 0 radical (unpaired) electrons. The van der Waals surface area contributed by atoms with Crippen molar-refractivity contribution in [1.82, 2.24) is 10.3 Å². The minimum absolute atomic E-state index is 0.0609. The van der Waals surface area contributed by atoms with Crippen LogP contribution < -0.4 is 5.32 Å². The van der Waals surface area contributed by atoms with Crippen LogP contribution in [0, 0.1) is 0 Å². The molecule has 6 heteroatoms. The number of carbonyl (C=O) groups excluding carboxylic acids is 1. The van der Waals surface area contributed by atoms with Gasteiger partial charge in [0.05, 0.1) is 6.10 Å². The van der Waals surface area contributed by atoms with E-state index in [1.807, 2.05) is 12.1 Å². The normalized spacial score (nSPS) is 18.6. The zero-order chi connectivity index (χ0) is 12.8. The standard InChI is InChI=1S/C12H15BrN2O3/c13-11-6-9(3-4-14-11)7-15-12(16)18-8-10-2-1-5-17-10/h3-4,6,10H,1-2,5,7-8H2,(H,15,16). The number of hydrogen-bond donors (Lipinski definition) is 1. The molecule has 1 N–H and O–H groups in total. The summed E-state index contributed by atoms with van der Waals surface area (Å²) in [5, 5.41) is 2.68. The van der Waals surface area contributed by atoms with Crippen LogP contribution in [0.5, 0.6) is 0 Å². The molecule has 2 rings (SSSR count). The summed E-state index contributed by atoms with van der Waals surface area (Å²) in [7, 11) is 0. The average molecular weight is 315 g/mol. The van der Waals surface area contributed by atoms with Crippen LogP contribution in [0.15, 0.2) is 22.9 Å². The molecule has 1 aromatic rings. The van der Waals surface area contributed by atoms with Gasteiger partial charge in [0.25, 0.3) is 0 Å². The molecule has 0 spiro atoms. The van der Waals surface area contributed by atoms with Crippen LogP contribution in [0.1, 0.15) is 18.4 Å². The van der Waals surface area contributed by atoms with Crippen LogP contribution >= 0.6 is 15.9 Å². The molecule has 1 amide bonds. The van der Waals surface area contributed by atoms with E-state index in [0.29, 0.717) is 13.2 Å². The number of nitrogens with zero attached hydrogens (tertiary/aromatic N) is 1. The minimum Gasteiger partial charge on any atom is -0.447 e. The van der Waals surface area contributed by atoms with Crippen LogP contribution in [-0.4, -0.2) is 30.4 Å². The van der Waals surface area contributed by atoms with E-state index in [9.17, 15) is 4.79 Å². The van der Waals surface area contributed by atoms with E-state index >= 15 is 0 Å². The van der Waals surface area contributed by atoms with E-state index in [1.54, 1.807) is 6.20 Å². The summed E-state index contributed by atoms with van der Waals surface area (Å²) in [5.74, 6) is 0. The second-order valence-electron chi connectivity index (χ2n) is 4.07. The van der Waals surface area contributed by atoms with E-state index in [-0.39, 0.29) is 6.10 Å². The van der Waals surface area contributed by atoms with E-state index in [2.05, 4.69) is 26.2 Å².